The number of hydrogen-bond acceptors (Lipinski definition) is 5. The van der Waals surface area contributed by atoms with Crippen LogP contribution in [0.5, 0.6) is 11.5 Å². The number of benzene rings is 2. The van der Waals surface area contributed by atoms with Crippen LogP contribution in [0.4, 0.5) is 0 Å². The second-order valence-corrected chi connectivity index (χ2v) is 8.54. The van der Waals surface area contributed by atoms with Gasteiger partial charge in [0.25, 0.3) is 5.91 Å². The number of methoxy groups -OCH3 is 1. The molecular formula is C24H28N2O3S. The van der Waals surface area contributed by atoms with Crippen LogP contribution in [0.2, 0.25) is 0 Å². The zero-order chi connectivity index (χ0) is 21.7. The van der Waals surface area contributed by atoms with Gasteiger partial charge < -0.3 is 14.4 Å². The minimum absolute atomic E-state index is 0.0197. The molecule has 0 spiro atoms. The Kier molecular flexibility index (Phi) is 7.11. The number of aryl methyl sites for hydroxylation is 2. The number of carbonyl (C=O) groups excluding carboxylic acids is 1. The maximum absolute atomic E-state index is 13.0. The minimum atomic E-state index is -0.0197. The number of hydrogen-bond donors (Lipinski definition) is 0. The smallest absolute Gasteiger partial charge is 0.254 e. The molecule has 0 atom stereocenters. The fourth-order valence-electron chi connectivity index (χ4n) is 3.21. The van der Waals surface area contributed by atoms with Gasteiger partial charge in [0.05, 0.1) is 19.3 Å². The van der Waals surface area contributed by atoms with Gasteiger partial charge in [0, 0.05) is 17.0 Å². The molecule has 0 unspecified atom stereocenters. The van der Waals surface area contributed by atoms with Crippen molar-refractivity contribution in [3.63, 3.8) is 0 Å². The van der Waals surface area contributed by atoms with Crippen LogP contribution >= 0.6 is 11.3 Å². The molecule has 0 aliphatic heterocycles. The Morgan fingerprint density at radius 3 is 2.33 bits per heavy atom. The van der Waals surface area contributed by atoms with Crippen molar-refractivity contribution in [3.8, 4) is 11.5 Å². The van der Waals surface area contributed by atoms with Gasteiger partial charge in [-0.3, -0.25) is 4.79 Å². The van der Waals surface area contributed by atoms with Crippen LogP contribution in [-0.4, -0.2) is 28.9 Å². The van der Waals surface area contributed by atoms with Crippen molar-refractivity contribution in [3.05, 3.63) is 75.2 Å². The average Bonchev–Trinajstić information content (AvgIpc) is 3.17. The molecule has 158 valence electrons. The largest absolute Gasteiger partial charge is 0.497 e. The topological polar surface area (TPSA) is 51.7 Å². The van der Waals surface area contributed by atoms with Crippen LogP contribution < -0.4 is 9.47 Å². The maximum Gasteiger partial charge on any atom is 0.254 e. The normalized spacial score (nSPS) is 10.9. The van der Waals surface area contributed by atoms with E-state index in [1.165, 1.54) is 11.1 Å². The summed E-state index contributed by atoms with van der Waals surface area (Å²) in [6.45, 7) is 9.02. The van der Waals surface area contributed by atoms with Gasteiger partial charge in [-0.05, 0) is 75.2 Å². The molecule has 3 aromatic rings. The molecule has 1 amide bonds. The highest BCUT2D eigenvalue weighted by atomic mass is 32.1. The average molecular weight is 425 g/mol. The van der Waals surface area contributed by atoms with E-state index in [9.17, 15) is 4.79 Å². The molecule has 0 radical (unpaired) electrons. The standard InChI is InChI=1S/C24H28N2O3S/c1-16(2)26(24(27)19-6-8-21(28-5)9-7-19)13-20-15-30-23(25-20)14-29-22-11-17(3)10-18(4)12-22/h6-12,15-16H,13-14H2,1-5H3. The first-order chi connectivity index (χ1) is 14.4. The number of aromatic nitrogens is 1. The Morgan fingerprint density at radius 1 is 1.07 bits per heavy atom. The fourth-order valence-corrected chi connectivity index (χ4v) is 3.91. The maximum atomic E-state index is 13.0. The van der Waals surface area contributed by atoms with E-state index < -0.39 is 0 Å². The number of carbonyl (C=O) groups is 1. The highest BCUT2D eigenvalue weighted by molar-refractivity contribution is 7.09. The van der Waals surface area contributed by atoms with E-state index in [0.717, 1.165) is 22.2 Å². The second-order valence-electron chi connectivity index (χ2n) is 7.60. The third-order valence-electron chi connectivity index (χ3n) is 4.71. The van der Waals surface area contributed by atoms with Crippen LogP contribution in [0, 0.1) is 13.8 Å². The monoisotopic (exact) mass is 424 g/mol. The molecule has 1 aromatic heterocycles. The third-order valence-corrected chi connectivity index (χ3v) is 5.58. The summed E-state index contributed by atoms with van der Waals surface area (Å²) in [5.74, 6) is 1.56. The number of ether oxygens (including phenoxy) is 2. The summed E-state index contributed by atoms with van der Waals surface area (Å²) in [6, 6.07) is 13.4. The van der Waals surface area contributed by atoms with E-state index in [-0.39, 0.29) is 11.9 Å². The number of amides is 1. The Hall–Kier alpha value is -2.86. The van der Waals surface area contributed by atoms with E-state index >= 15 is 0 Å². The molecule has 6 heteroatoms. The first-order valence-electron chi connectivity index (χ1n) is 9.95. The highest BCUT2D eigenvalue weighted by Crippen LogP contribution is 2.21. The van der Waals surface area contributed by atoms with Crippen molar-refractivity contribution in [2.45, 2.75) is 46.9 Å². The molecule has 0 aliphatic rings. The minimum Gasteiger partial charge on any atom is -0.497 e. The van der Waals surface area contributed by atoms with Crippen LogP contribution in [-0.2, 0) is 13.2 Å². The van der Waals surface area contributed by atoms with Crippen molar-refractivity contribution >= 4 is 17.2 Å². The van der Waals surface area contributed by atoms with Gasteiger partial charge in [-0.25, -0.2) is 4.98 Å². The summed E-state index contributed by atoms with van der Waals surface area (Å²) >= 11 is 1.55. The molecule has 0 aliphatic carbocycles. The second kappa shape index (κ2) is 9.76. The molecule has 0 fully saturated rings. The fraction of sp³-hybridized carbons (Fsp3) is 0.333. The molecule has 30 heavy (non-hydrogen) atoms. The molecule has 5 nitrogen and oxygen atoms in total. The Labute approximate surface area is 182 Å². The highest BCUT2D eigenvalue weighted by Gasteiger charge is 2.20. The summed E-state index contributed by atoms with van der Waals surface area (Å²) in [5.41, 5.74) is 3.86. The Morgan fingerprint density at radius 2 is 1.73 bits per heavy atom. The van der Waals surface area contributed by atoms with Crippen molar-refractivity contribution in [2.75, 3.05) is 7.11 Å². The summed E-state index contributed by atoms with van der Waals surface area (Å²) in [4.78, 5) is 19.5. The SMILES string of the molecule is COc1ccc(C(=O)N(Cc2csc(COc3cc(C)cc(C)c3)n2)C(C)C)cc1. The van der Waals surface area contributed by atoms with Crippen molar-refractivity contribution in [1.29, 1.82) is 0 Å². The number of thiazole rings is 1. The third kappa shape index (κ3) is 5.60. The van der Waals surface area contributed by atoms with Crippen molar-refractivity contribution in [1.82, 2.24) is 9.88 Å². The van der Waals surface area contributed by atoms with Gasteiger partial charge >= 0.3 is 0 Å². The summed E-state index contributed by atoms with van der Waals surface area (Å²) in [7, 11) is 1.61. The van der Waals surface area contributed by atoms with Gasteiger partial charge in [-0.15, -0.1) is 11.3 Å². The summed E-state index contributed by atoms with van der Waals surface area (Å²) in [6.07, 6.45) is 0. The Balaban J connectivity index is 1.66. The van der Waals surface area contributed by atoms with Gasteiger partial charge in [-0.1, -0.05) is 6.07 Å². The predicted octanol–water partition coefficient (Wildman–Crippen LogP) is 5.40. The molecule has 0 saturated carbocycles. The number of rotatable bonds is 8. The molecule has 0 N–H and O–H groups in total. The first kappa shape index (κ1) is 21.8. The predicted molar refractivity (Wildman–Crippen MR) is 120 cm³/mol. The van der Waals surface area contributed by atoms with E-state index in [1.807, 2.05) is 36.3 Å². The molecule has 3 rings (SSSR count). The van der Waals surface area contributed by atoms with Crippen LogP contribution in [0.25, 0.3) is 0 Å². The van der Waals surface area contributed by atoms with E-state index in [2.05, 4.69) is 24.9 Å². The van der Waals surface area contributed by atoms with E-state index in [1.54, 1.807) is 42.7 Å². The van der Waals surface area contributed by atoms with Crippen LogP contribution in [0.15, 0.2) is 47.8 Å². The zero-order valence-electron chi connectivity index (χ0n) is 18.1. The lowest BCUT2D eigenvalue weighted by molar-refractivity contribution is 0.0688. The van der Waals surface area contributed by atoms with E-state index in [4.69, 9.17) is 9.47 Å². The van der Waals surface area contributed by atoms with Crippen molar-refractivity contribution in [2.24, 2.45) is 0 Å². The van der Waals surface area contributed by atoms with Crippen LogP contribution in [0.1, 0.15) is 46.0 Å². The Bertz CT molecular complexity index is 976. The van der Waals surface area contributed by atoms with Crippen molar-refractivity contribution < 1.29 is 14.3 Å². The molecule has 0 saturated heterocycles. The van der Waals surface area contributed by atoms with Gasteiger partial charge in [-0.2, -0.15) is 0 Å². The summed E-state index contributed by atoms with van der Waals surface area (Å²) < 4.78 is 11.1. The molecule has 1 heterocycles. The van der Waals surface area contributed by atoms with Gasteiger partial charge in [0.15, 0.2) is 0 Å². The quantitative estimate of drug-likeness (QED) is 0.486. The number of nitrogens with zero attached hydrogens (tertiary/aromatic N) is 2. The van der Waals surface area contributed by atoms with Crippen LogP contribution in [0.3, 0.4) is 0 Å². The molecule has 2 aromatic carbocycles. The summed E-state index contributed by atoms with van der Waals surface area (Å²) in [5, 5.41) is 2.89. The lowest BCUT2D eigenvalue weighted by Crippen LogP contribution is -2.36. The van der Waals surface area contributed by atoms with Gasteiger partial charge in [0.1, 0.15) is 23.1 Å². The first-order valence-corrected chi connectivity index (χ1v) is 10.8. The van der Waals surface area contributed by atoms with Gasteiger partial charge in [0.2, 0.25) is 0 Å². The lowest BCUT2D eigenvalue weighted by atomic mass is 10.1. The zero-order valence-corrected chi connectivity index (χ0v) is 19.0. The molecular weight excluding hydrogens is 396 g/mol. The lowest BCUT2D eigenvalue weighted by Gasteiger charge is -2.26. The molecule has 0 bridgehead atoms. The van der Waals surface area contributed by atoms with E-state index in [0.29, 0.717) is 18.7 Å².